The summed E-state index contributed by atoms with van der Waals surface area (Å²) in [6.07, 6.45) is 0.373. The van der Waals surface area contributed by atoms with Gasteiger partial charge in [0, 0.05) is 18.6 Å². The van der Waals surface area contributed by atoms with Crippen LogP contribution in [0.15, 0.2) is 24.3 Å². The van der Waals surface area contributed by atoms with Crippen molar-refractivity contribution in [2.45, 2.75) is 26.3 Å². The highest BCUT2D eigenvalue weighted by Gasteiger charge is 2.09. The molecule has 0 heterocycles. The van der Waals surface area contributed by atoms with Gasteiger partial charge in [0.15, 0.2) is 0 Å². The Bertz CT molecular complexity index is 471. The Balaban J connectivity index is 2.50. The van der Waals surface area contributed by atoms with Crippen molar-refractivity contribution in [3.8, 4) is 11.8 Å². The van der Waals surface area contributed by atoms with Crippen LogP contribution in [0.1, 0.15) is 37.4 Å². The van der Waals surface area contributed by atoms with Crippen molar-refractivity contribution in [2.24, 2.45) is 0 Å². The second-order valence-corrected chi connectivity index (χ2v) is 4.32. The molecular formula is C16H21NO3. The molecule has 0 saturated carbocycles. The van der Waals surface area contributed by atoms with Crippen molar-refractivity contribution in [3.63, 3.8) is 0 Å². The molecule has 0 bridgehead atoms. The van der Waals surface area contributed by atoms with Crippen molar-refractivity contribution in [3.05, 3.63) is 35.4 Å². The maximum atomic E-state index is 11.7. The molecule has 4 heteroatoms. The average molecular weight is 275 g/mol. The summed E-state index contributed by atoms with van der Waals surface area (Å²) in [6.45, 7) is 4.77. The van der Waals surface area contributed by atoms with Gasteiger partial charge in [0.25, 0.3) is 0 Å². The van der Waals surface area contributed by atoms with Gasteiger partial charge >= 0.3 is 0 Å². The van der Waals surface area contributed by atoms with Crippen LogP contribution < -0.4 is 5.32 Å². The van der Waals surface area contributed by atoms with Crippen LogP contribution in [0.2, 0.25) is 0 Å². The van der Waals surface area contributed by atoms with Crippen LogP contribution in [-0.4, -0.2) is 30.8 Å². The molecule has 1 aromatic carbocycles. The molecule has 0 aliphatic rings. The van der Waals surface area contributed by atoms with E-state index in [0.29, 0.717) is 19.6 Å². The van der Waals surface area contributed by atoms with Gasteiger partial charge in [-0.25, -0.2) is 0 Å². The molecule has 0 aromatic heterocycles. The first kappa shape index (κ1) is 16.2. The number of aliphatic hydroxyl groups excluding tert-OH is 1. The Morgan fingerprint density at radius 3 is 2.70 bits per heavy atom. The molecule has 0 aliphatic heterocycles. The lowest BCUT2D eigenvalue weighted by Gasteiger charge is -2.14. The average Bonchev–Trinajstić information content (AvgIpc) is 2.46. The molecule has 0 radical (unpaired) electrons. The van der Waals surface area contributed by atoms with Crippen LogP contribution >= 0.6 is 0 Å². The Morgan fingerprint density at radius 2 is 2.10 bits per heavy atom. The molecule has 0 fully saturated rings. The van der Waals surface area contributed by atoms with E-state index >= 15 is 0 Å². The van der Waals surface area contributed by atoms with Crippen molar-refractivity contribution >= 4 is 5.91 Å². The number of carbonyl (C=O) groups is 1. The monoisotopic (exact) mass is 275 g/mol. The summed E-state index contributed by atoms with van der Waals surface area (Å²) in [4.78, 5) is 11.7. The summed E-state index contributed by atoms with van der Waals surface area (Å²) in [5.41, 5.74) is 1.86. The standard InChI is InChI=1S/C16H21NO3/c1-3-20-12-10-16(19)17-13(2)15-8-6-14(7-9-15)5-4-11-18/h6-9,13,18H,3,10-12H2,1-2H3,(H,17,19). The van der Waals surface area contributed by atoms with Crippen LogP contribution in [0.25, 0.3) is 0 Å². The number of aliphatic hydroxyl groups is 1. The summed E-state index contributed by atoms with van der Waals surface area (Å²) < 4.78 is 5.15. The van der Waals surface area contributed by atoms with E-state index in [4.69, 9.17) is 9.84 Å². The van der Waals surface area contributed by atoms with E-state index in [0.717, 1.165) is 11.1 Å². The van der Waals surface area contributed by atoms with E-state index in [1.165, 1.54) is 0 Å². The summed E-state index contributed by atoms with van der Waals surface area (Å²) in [5, 5.41) is 11.5. The molecule has 20 heavy (non-hydrogen) atoms. The van der Waals surface area contributed by atoms with E-state index < -0.39 is 0 Å². The summed E-state index contributed by atoms with van der Waals surface area (Å²) in [5.74, 6) is 5.41. The highest BCUT2D eigenvalue weighted by molar-refractivity contribution is 5.76. The predicted octanol–water partition coefficient (Wildman–Crippen LogP) is 1.63. The van der Waals surface area contributed by atoms with Gasteiger partial charge in [-0.3, -0.25) is 4.79 Å². The fourth-order valence-corrected chi connectivity index (χ4v) is 1.70. The van der Waals surface area contributed by atoms with Gasteiger partial charge in [0.2, 0.25) is 5.91 Å². The fraction of sp³-hybridized carbons (Fsp3) is 0.438. The van der Waals surface area contributed by atoms with Crippen LogP contribution in [0, 0.1) is 11.8 Å². The van der Waals surface area contributed by atoms with Crippen molar-refractivity contribution in [1.29, 1.82) is 0 Å². The van der Waals surface area contributed by atoms with Gasteiger partial charge < -0.3 is 15.2 Å². The van der Waals surface area contributed by atoms with Gasteiger partial charge in [-0.1, -0.05) is 24.0 Å². The van der Waals surface area contributed by atoms with Crippen LogP contribution in [0.3, 0.4) is 0 Å². The van der Waals surface area contributed by atoms with Crippen LogP contribution in [0.4, 0.5) is 0 Å². The minimum absolute atomic E-state index is 0.0184. The van der Waals surface area contributed by atoms with Gasteiger partial charge in [0.1, 0.15) is 6.61 Å². The lowest BCUT2D eigenvalue weighted by Crippen LogP contribution is -2.27. The predicted molar refractivity (Wildman–Crippen MR) is 78.1 cm³/mol. The molecule has 4 nitrogen and oxygen atoms in total. The highest BCUT2D eigenvalue weighted by Crippen LogP contribution is 2.13. The number of benzene rings is 1. The lowest BCUT2D eigenvalue weighted by atomic mass is 10.1. The number of rotatable bonds is 6. The Morgan fingerprint density at radius 1 is 1.40 bits per heavy atom. The maximum Gasteiger partial charge on any atom is 0.222 e. The van der Waals surface area contributed by atoms with Gasteiger partial charge in [-0.2, -0.15) is 0 Å². The third-order valence-corrected chi connectivity index (χ3v) is 2.78. The third-order valence-electron chi connectivity index (χ3n) is 2.78. The van der Waals surface area contributed by atoms with Crippen LogP contribution in [0.5, 0.6) is 0 Å². The van der Waals surface area contributed by atoms with E-state index in [1.807, 2.05) is 38.1 Å². The van der Waals surface area contributed by atoms with Gasteiger partial charge in [0.05, 0.1) is 12.6 Å². The molecule has 0 spiro atoms. The Labute approximate surface area is 120 Å². The SMILES string of the molecule is CCOCCC(=O)NC(C)c1ccc(C#CCO)cc1. The zero-order chi connectivity index (χ0) is 14.8. The second kappa shape index (κ2) is 9.13. The van der Waals surface area contributed by atoms with E-state index in [9.17, 15) is 4.79 Å². The van der Waals surface area contributed by atoms with Crippen molar-refractivity contribution in [1.82, 2.24) is 5.32 Å². The molecule has 0 saturated heterocycles. The van der Waals surface area contributed by atoms with Crippen molar-refractivity contribution < 1.29 is 14.6 Å². The van der Waals surface area contributed by atoms with Crippen molar-refractivity contribution in [2.75, 3.05) is 19.8 Å². The first-order valence-corrected chi connectivity index (χ1v) is 6.74. The largest absolute Gasteiger partial charge is 0.384 e. The molecule has 1 atom stereocenters. The number of hydrogen-bond donors (Lipinski definition) is 2. The molecule has 1 aromatic rings. The second-order valence-electron chi connectivity index (χ2n) is 4.32. The minimum Gasteiger partial charge on any atom is -0.384 e. The number of hydrogen-bond acceptors (Lipinski definition) is 3. The smallest absolute Gasteiger partial charge is 0.222 e. The molecule has 1 amide bonds. The zero-order valence-corrected chi connectivity index (χ0v) is 12.0. The minimum atomic E-state index is -0.145. The Hall–Kier alpha value is -1.83. The molecule has 0 aliphatic carbocycles. The van der Waals surface area contributed by atoms with E-state index in [2.05, 4.69) is 17.2 Å². The zero-order valence-electron chi connectivity index (χ0n) is 12.0. The first-order valence-electron chi connectivity index (χ1n) is 6.74. The molecular weight excluding hydrogens is 254 g/mol. The third kappa shape index (κ3) is 5.87. The summed E-state index contributed by atoms with van der Waals surface area (Å²) >= 11 is 0. The maximum absolute atomic E-state index is 11.7. The first-order chi connectivity index (χ1) is 9.67. The number of nitrogens with one attached hydrogen (secondary N) is 1. The van der Waals surface area contributed by atoms with E-state index in [-0.39, 0.29) is 18.6 Å². The lowest BCUT2D eigenvalue weighted by molar-refractivity contribution is -0.122. The number of carbonyl (C=O) groups excluding carboxylic acids is 1. The summed E-state index contributed by atoms with van der Waals surface area (Å²) in [7, 11) is 0. The van der Waals surface area contributed by atoms with Crippen LogP contribution in [-0.2, 0) is 9.53 Å². The highest BCUT2D eigenvalue weighted by atomic mass is 16.5. The molecule has 1 rings (SSSR count). The van der Waals surface area contributed by atoms with Gasteiger partial charge in [-0.15, -0.1) is 0 Å². The Kier molecular flexibility index (Phi) is 7.41. The van der Waals surface area contributed by atoms with E-state index in [1.54, 1.807) is 0 Å². The normalized spacial score (nSPS) is 11.3. The number of ether oxygens (including phenoxy) is 1. The number of amides is 1. The van der Waals surface area contributed by atoms with Gasteiger partial charge in [-0.05, 0) is 31.5 Å². The molecule has 2 N–H and O–H groups in total. The quantitative estimate of drug-likeness (QED) is 0.613. The molecule has 1 unspecified atom stereocenters. The summed E-state index contributed by atoms with van der Waals surface area (Å²) in [6, 6.07) is 7.55. The molecule has 108 valence electrons. The topological polar surface area (TPSA) is 58.6 Å². The fourth-order valence-electron chi connectivity index (χ4n) is 1.70.